The molecule has 1 aliphatic rings. The molecule has 0 radical (unpaired) electrons. The summed E-state index contributed by atoms with van der Waals surface area (Å²) in [4.78, 5) is 23.2. The van der Waals surface area contributed by atoms with Crippen molar-refractivity contribution in [3.05, 3.63) is 172 Å². The number of anilines is 2. The molecule has 0 spiro atoms. The molecule has 7 rings (SSSR count). The van der Waals surface area contributed by atoms with Crippen LogP contribution in [0, 0.1) is 5.41 Å². The first-order valence-corrected chi connectivity index (χ1v) is 15.9. The Morgan fingerprint density at radius 3 is 1.35 bits per heavy atom. The van der Waals surface area contributed by atoms with E-state index in [0.717, 1.165) is 33.6 Å². The van der Waals surface area contributed by atoms with Crippen LogP contribution in [0.25, 0.3) is 27.1 Å². The van der Waals surface area contributed by atoms with Gasteiger partial charge in [-0.2, -0.15) is 0 Å². The highest BCUT2D eigenvalue weighted by Crippen LogP contribution is 2.39. The molecule has 6 aromatic carbocycles. The van der Waals surface area contributed by atoms with Gasteiger partial charge in [0.05, 0.1) is 5.71 Å². The van der Waals surface area contributed by atoms with E-state index < -0.39 is 23.4 Å². The molecule has 9 nitrogen and oxygen atoms in total. The number of carboxylic acids is 2. The maximum atomic E-state index is 11.6. The van der Waals surface area contributed by atoms with Crippen LogP contribution in [0.4, 0.5) is 11.4 Å². The molecule has 0 fully saturated rings. The van der Waals surface area contributed by atoms with Gasteiger partial charge < -0.3 is 37.3 Å². The molecular weight excluding hydrogens is 642 g/mol. The quantitative estimate of drug-likeness (QED) is 0.0859. The summed E-state index contributed by atoms with van der Waals surface area (Å²) in [7, 11) is 0. The van der Waals surface area contributed by atoms with Gasteiger partial charge in [-0.3, -0.25) is 0 Å². The number of nitrogens with two attached hydrogens (primary N) is 2. The lowest BCUT2D eigenvalue weighted by Crippen LogP contribution is -2.04. The van der Waals surface area contributed by atoms with Crippen LogP contribution >= 0.6 is 0 Å². The molecule has 0 aliphatic heterocycles. The normalized spacial score (nSPS) is 12.1. The summed E-state index contributed by atoms with van der Waals surface area (Å²) in [5, 5.41) is 50.5. The van der Waals surface area contributed by atoms with Crippen LogP contribution in [0.3, 0.4) is 0 Å². The number of nitrogen functional groups attached to an aromatic ring is 2. The van der Waals surface area contributed by atoms with E-state index in [0.29, 0.717) is 38.4 Å². The Morgan fingerprint density at radius 2 is 0.961 bits per heavy atom. The van der Waals surface area contributed by atoms with Crippen molar-refractivity contribution in [1.82, 2.24) is 0 Å². The summed E-state index contributed by atoms with van der Waals surface area (Å²) in [6, 6.07) is 32.4. The number of aromatic hydroxyl groups is 2. The second-order valence-electron chi connectivity index (χ2n) is 11.9. The minimum Gasteiger partial charge on any atom is -0.507 e. The van der Waals surface area contributed by atoms with Crippen LogP contribution < -0.4 is 11.5 Å². The number of hydrogen-bond acceptors (Lipinski definition) is 7. The van der Waals surface area contributed by atoms with E-state index in [9.17, 15) is 30.0 Å². The van der Waals surface area contributed by atoms with E-state index in [4.69, 9.17) is 16.9 Å². The van der Waals surface area contributed by atoms with E-state index in [2.05, 4.69) is 0 Å². The van der Waals surface area contributed by atoms with Gasteiger partial charge in [-0.25, -0.2) is 9.59 Å². The SMILES string of the molecule is N=C1C=CC(=C(c2ccc(N)cc2)c2ccc(N)cc2)C=C1.O=C(O)c1cc2ccccc2c(Cc2c(O)c(C(=O)O)cc3ccccc23)c1O. The number of allylic oxidation sites excluding steroid dienone is 5. The molecule has 0 saturated heterocycles. The Hall–Kier alpha value is -7.13. The van der Waals surface area contributed by atoms with Gasteiger partial charge >= 0.3 is 11.9 Å². The van der Waals surface area contributed by atoms with Gasteiger partial charge in [0.15, 0.2) is 0 Å². The van der Waals surface area contributed by atoms with Crippen molar-refractivity contribution in [3.63, 3.8) is 0 Å². The van der Waals surface area contributed by atoms with Crippen LogP contribution in [0.1, 0.15) is 43.0 Å². The van der Waals surface area contributed by atoms with Crippen LogP contribution in [-0.2, 0) is 6.42 Å². The maximum Gasteiger partial charge on any atom is 0.339 e. The average Bonchev–Trinajstić information content (AvgIpc) is 3.12. The van der Waals surface area contributed by atoms with Gasteiger partial charge in [0.25, 0.3) is 0 Å². The molecular formula is C42H33N3O6. The van der Waals surface area contributed by atoms with Crippen molar-refractivity contribution >= 4 is 56.1 Å². The molecule has 51 heavy (non-hydrogen) atoms. The summed E-state index contributed by atoms with van der Waals surface area (Å²) in [5.41, 5.74) is 18.0. The van der Waals surface area contributed by atoms with E-state index in [1.54, 1.807) is 60.7 Å². The smallest absolute Gasteiger partial charge is 0.339 e. The first-order chi connectivity index (χ1) is 24.5. The molecule has 1 aliphatic carbocycles. The van der Waals surface area contributed by atoms with Crippen molar-refractivity contribution < 1.29 is 30.0 Å². The Bertz CT molecular complexity index is 2280. The third kappa shape index (κ3) is 7.04. The van der Waals surface area contributed by atoms with Crippen LogP contribution in [0.15, 0.2) is 139 Å². The zero-order chi connectivity index (χ0) is 36.2. The Labute approximate surface area is 292 Å². The van der Waals surface area contributed by atoms with E-state index >= 15 is 0 Å². The molecule has 0 amide bonds. The van der Waals surface area contributed by atoms with Crippen molar-refractivity contribution in [2.24, 2.45) is 0 Å². The zero-order valence-electron chi connectivity index (χ0n) is 27.2. The number of carboxylic acid groups (broad SMARTS) is 2. The monoisotopic (exact) mass is 675 g/mol. The highest BCUT2D eigenvalue weighted by Gasteiger charge is 2.22. The summed E-state index contributed by atoms with van der Waals surface area (Å²) in [5.74, 6) is -3.36. The molecule has 0 bridgehead atoms. The zero-order valence-corrected chi connectivity index (χ0v) is 27.2. The number of rotatable bonds is 6. The lowest BCUT2D eigenvalue weighted by atomic mass is 9.90. The van der Waals surface area contributed by atoms with Crippen LogP contribution in [0.5, 0.6) is 11.5 Å². The van der Waals surface area contributed by atoms with E-state index in [-0.39, 0.29) is 17.5 Å². The fourth-order valence-electron chi connectivity index (χ4n) is 6.12. The second-order valence-corrected chi connectivity index (χ2v) is 11.9. The summed E-state index contributed by atoms with van der Waals surface area (Å²) < 4.78 is 0. The lowest BCUT2D eigenvalue weighted by molar-refractivity contribution is 0.0682. The summed E-state index contributed by atoms with van der Waals surface area (Å²) in [6.07, 6.45) is 7.48. The maximum absolute atomic E-state index is 11.6. The average molecular weight is 676 g/mol. The van der Waals surface area contributed by atoms with Crippen molar-refractivity contribution in [1.29, 1.82) is 5.41 Å². The second kappa shape index (κ2) is 14.2. The molecule has 6 aromatic rings. The Kier molecular flexibility index (Phi) is 9.37. The third-order valence-corrected chi connectivity index (χ3v) is 8.64. The van der Waals surface area contributed by atoms with Crippen molar-refractivity contribution in [2.75, 3.05) is 11.5 Å². The molecule has 0 aromatic heterocycles. The highest BCUT2D eigenvalue weighted by atomic mass is 16.4. The van der Waals surface area contributed by atoms with Gasteiger partial charge in [-0.1, -0.05) is 84.9 Å². The third-order valence-electron chi connectivity index (χ3n) is 8.64. The van der Waals surface area contributed by atoms with Gasteiger partial charge in [0.2, 0.25) is 0 Å². The minimum absolute atomic E-state index is 0.0407. The number of hydrogen-bond donors (Lipinski definition) is 7. The number of carbonyl (C=O) groups is 2. The molecule has 252 valence electrons. The predicted octanol–water partition coefficient (Wildman–Crippen LogP) is 8.19. The summed E-state index contributed by atoms with van der Waals surface area (Å²) in [6.45, 7) is 0. The molecule has 9 heteroatoms. The fourth-order valence-corrected chi connectivity index (χ4v) is 6.12. The Morgan fingerprint density at radius 1 is 0.569 bits per heavy atom. The molecule has 0 atom stereocenters. The van der Waals surface area contributed by atoms with Crippen LogP contribution in [-0.4, -0.2) is 38.1 Å². The minimum atomic E-state index is -1.28. The molecule has 0 saturated carbocycles. The van der Waals surface area contributed by atoms with Crippen LogP contribution in [0.2, 0.25) is 0 Å². The fraction of sp³-hybridized carbons (Fsp3) is 0.0238. The van der Waals surface area contributed by atoms with Gasteiger partial charge in [-0.15, -0.1) is 0 Å². The summed E-state index contributed by atoms with van der Waals surface area (Å²) >= 11 is 0. The highest BCUT2D eigenvalue weighted by molar-refractivity contribution is 6.05. The number of phenols is 2. The standard InChI is InChI=1S/C23H16O6.C19H17N3/c24-20-16(14-7-3-1-5-12(14)9-18(20)22(26)27)11-17-15-8-4-2-6-13(15)10-19(21(17)25)23(28)29;20-16-7-1-13(2-8-16)19(14-3-9-17(21)10-4-14)15-5-11-18(22)12-6-15/h1-10,24-25H,11H2,(H,26,27)(H,28,29);1-12,20H,21-22H2. The van der Waals surface area contributed by atoms with Gasteiger partial charge in [0.1, 0.15) is 22.6 Å². The number of aromatic carboxylic acids is 2. The van der Waals surface area contributed by atoms with Gasteiger partial charge in [-0.05, 0) is 92.4 Å². The topological polar surface area (TPSA) is 191 Å². The molecule has 0 unspecified atom stereocenters. The van der Waals surface area contributed by atoms with Crippen molar-refractivity contribution in [2.45, 2.75) is 6.42 Å². The first kappa shape index (κ1) is 33.8. The van der Waals surface area contributed by atoms with E-state index in [1.807, 2.05) is 60.7 Å². The molecule has 9 N–H and O–H groups in total. The number of nitrogens with one attached hydrogen (secondary N) is 1. The van der Waals surface area contributed by atoms with Crippen molar-refractivity contribution in [3.8, 4) is 11.5 Å². The van der Waals surface area contributed by atoms with E-state index in [1.165, 1.54) is 12.1 Å². The number of fused-ring (bicyclic) bond motifs is 2. The largest absolute Gasteiger partial charge is 0.507 e. The van der Waals surface area contributed by atoms with Gasteiger partial charge in [0, 0.05) is 28.9 Å². The predicted molar refractivity (Wildman–Crippen MR) is 202 cm³/mol. The Balaban J connectivity index is 0.000000183. The number of benzene rings is 6. The molecule has 0 heterocycles. The lowest BCUT2D eigenvalue weighted by Gasteiger charge is -2.16. The first-order valence-electron chi connectivity index (χ1n) is 15.9.